The average Bonchev–Trinajstić information content (AvgIpc) is 3.30. The van der Waals surface area contributed by atoms with Crippen molar-refractivity contribution in [3.8, 4) is 16.9 Å². The lowest BCUT2D eigenvalue weighted by molar-refractivity contribution is 0.128. The van der Waals surface area contributed by atoms with Gasteiger partial charge in [-0.1, -0.05) is 30.3 Å². The van der Waals surface area contributed by atoms with Gasteiger partial charge in [-0.25, -0.2) is 21.9 Å². The summed E-state index contributed by atoms with van der Waals surface area (Å²) in [4.78, 5) is 4.78. The number of nitrogens with zero attached hydrogens (tertiary/aromatic N) is 5. The summed E-state index contributed by atoms with van der Waals surface area (Å²) in [6.07, 6.45) is 1.89. The van der Waals surface area contributed by atoms with Gasteiger partial charge in [0.1, 0.15) is 11.4 Å². The van der Waals surface area contributed by atoms with Crippen molar-refractivity contribution in [1.29, 1.82) is 0 Å². The Labute approximate surface area is 211 Å². The first-order valence-electron chi connectivity index (χ1n) is 12.2. The maximum atomic E-state index is 15.2. The first kappa shape index (κ1) is 26.2. The van der Waals surface area contributed by atoms with Crippen molar-refractivity contribution in [1.82, 2.24) is 19.9 Å². The number of hydrogen-bond donors (Lipinski definition) is 0. The van der Waals surface area contributed by atoms with Gasteiger partial charge in [-0.15, -0.1) is 5.10 Å². The van der Waals surface area contributed by atoms with Gasteiger partial charge in [0.15, 0.2) is 21.5 Å². The molecular weight excluding hydrogens is 484 g/mol. The third-order valence-electron chi connectivity index (χ3n) is 6.50. The molecule has 0 radical (unpaired) electrons. The summed E-state index contributed by atoms with van der Waals surface area (Å²) < 4.78 is 55.3. The Morgan fingerprint density at radius 2 is 1.75 bits per heavy atom. The molecule has 36 heavy (non-hydrogen) atoms. The fourth-order valence-electron chi connectivity index (χ4n) is 4.53. The molecule has 1 aliphatic rings. The number of halogens is 2. The number of hydrogen-bond acceptors (Lipinski definition) is 6. The normalized spacial score (nSPS) is 15.4. The third kappa shape index (κ3) is 5.75. The molecule has 0 bridgehead atoms. The Morgan fingerprint density at radius 3 is 2.42 bits per heavy atom. The molecule has 7 nitrogen and oxygen atoms in total. The van der Waals surface area contributed by atoms with Gasteiger partial charge in [-0.05, 0) is 45.4 Å². The second kappa shape index (κ2) is 10.3. The summed E-state index contributed by atoms with van der Waals surface area (Å²) >= 11 is 0. The monoisotopic (exact) mass is 517 g/mol. The van der Waals surface area contributed by atoms with Crippen LogP contribution in [0.3, 0.4) is 0 Å². The van der Waals surface area contributed by atoms with Crippen LogP contribution >= 0.6 is 0 Å². The van der Waals surface area contributed by atoms with Crippen molar-refractivity contribution in [3.05, 3.63) is 59.8 Å². The molecule has 1 fully saturated rings. The fraction of sp³-hybridized carbons (Fsp3) is 0.462. The topological polar surface area (TPSA) is 71.3 Å². The minimum atomic E-state index is -3.50. The number of piperazine rings is 1. The molecule has 1 saturated heterocycles. The maximum Gasteiger partial charge on any atom is 0.156 e. The van der Waals surface area contributed by atoms with Crippen LogP contribution in [0.1, 0.15) is 39.7 Å². The smallest absolute Gasteiger partial charge is 0.156 e. The molecule has 0 spiro atoms. The summed E-state index contributed by atoms with van der Waals surface area (Å²) in [5, 5.41) is 8.10. The van der Waals surface area contributed by atoms with E-state index < -0.39 is 32.9 Å². The Kier molecular flexibility index (Phi) is 7.47. The molecular formula is C26H33F2N5O2S. The molecule has 4 rings (SSSR count). The summed E-state index contributed by atoms with van der Waals surface area (Å²) in [7, 11) is -3.50. The minimum Gasteiger partial charge on any atom is -0.369 e. The standard InChI is InChI=1S/C26H33F2N5O2S/c1-5-15-36(34,35)18-20-9-10-22(27)25(24(20)28)33-17-23(29-30-33)19-7-6-8-21(16-19)31-11-13-32(14-12-31)26(2,3)4/h6-10,16-17H,5,11-15,18H2,1-4H3. The van der Waals surface area contributed by atoms with Crippen molar-refractivity contribution in [3.63, 3.8) is 0 Å². The highest BCUT2D eigenvalue weighted by Crippen LogP contribution is 2.28. The highest BCUT2D eigenvalue weighted by atomic mass is 32.2. The van der Waals surface area contributed by atoms with Gasteiger partial charge in [0, 0.05) is 48.5 Å². The van der Waals surface area contributed by atoms with E-state index in [0.29, 0.717) is 12.1 Å². The first-order chi connectivity index (χ1) is 17.0. The first-order valence-corrected chi connectivity index (χ1v) is 14.0. The van der Waals surface area contributed by atoms with Gasteiger partial charge < -0.3 is 4.90 Å². The molecule has 0 unspecified atom stereocenters. The van der Waals surface area contributed by atoms with Crippen LogP contribution in [-0.4, -0.2) is 65.8 Å². The largest absolute Gasteiger partial charge is 0.369 e. The van der Waals surface area contributed by atoms with Gasteiger partial charge in [0.2, 0.25) is 0 Å². The summed E-state index contributed by atoms with van der Waals surface area (Å²) in [5.41, 5.74) is 1.90. The van der Waals surface area contributed by atoms with Crippen LogP contribution in [0, 0.1) is 11.6 Å². The van der Waals surface area contributed by atoms with Crippen LogP contribution in [0.2, 0.25) is 0 Å². The zero-order valence-electron chi connectivity index (χ0n) is 21.2. The summed E-state index contributed by atoms with van der Waals surface area (Å²) in [6.45, 7) is 12.1. The van der Waals surface area contributed by atoms with Crippen molar-refractivity contribution >= 4 is 15.5 Å². The predicted molar refractivity (Wildman–Crippen MR) is 138 cm³/mol. The SMILES string of the molecule is CCCS(=O)(=O)Cc1ccc(F)c(-n2cc(-c3cccc(N4CCN(C(C)(C)C)CC4)c3)nn2)c1F. The van der Waals surface area contributed by atoms with Gasteiger partial charge in [-0.2, -0.15) is 0 Å². The average molecular weight is 518 g/mol. The number of sulfone groups is 1. The van der Waals surface area contributed by atoms with Crippen molar-refractivity contribution in [2.24, 2.45) is 0 Å². The van der Waals surface area contributed by atoms with E-state index in [1.165, 1.54) is 12.3 Å². The predicted octanol–water partition coefficient (Wildman–Crippen LogP) is 4.46. The van der Waals surface area contributed by atoms with E-state index in [0.717, 1.165) is 48.2 Å². The molecule has 0 aliphatic carbocycles. The van der Waals surface area contributed by atoms with Crippen molar-refractivity contribution in [2.75, 3.05) is 36.8 Å². The molecule has 1 aliphatic heterocycles. The number of benzene rings is 2. The lowest BCUT2D eigenvalue weighted by atomic mass is 10.0. The molecule has 0 saturated carbocycles. The van der Waals surface area contributed by atoms with E-state index in [1.54, 1.807) is 6.92 Å². The third-order valence-corrected chi connectivity index (χ3v) is 8.28. The van der Waals surface area contributed by atoms with Crippen LogP contribution in [0.25, 0.3) is 16.9 Å². The van der Waals surface area contributed by atoms with E-state index in [1.807, 2.05) is 24.3 Å². The van der Waals surface area contributed by atoms with Crippen LogP contribution in [0.15, 0.2) is 42.6 Å². The van der Waals surface area contributed by atoms with E-state index in [4.69, 9.17) is 0 Å². The Morgan fingerprint density at radius 1 is 1.03 bits per heavy atom. The second-order valence-electron chi connectivity index (χ2n) is 10.2. The molecule has 2 aromatic carbocycles. The zero-order valence-corrected chi connectivity index (χ0v) is 22.0. The lowest BCUT2D eigenvalue weighted by Gasteiger charge is -2.43. The van der Waals surface area contributed by atoms with Gasteiger partial charge in [0.25, 0.3) is 0 Å². The van der Waals surface area contributed by atoms with Crippen molar-refractivity contribution in [2.45, 2.75) is 45.4 Å². The van der Waals surface area contributed by atoms with Crippen LogP contribution in [0.5, 0.6) is 0 Å². The molecule has 3 aromatic rings. The van der Waals surface area contributed by atoms with Gasteiger partial charge >= 0.3 is 0 Å². The lowest BCUT2D eigenvalue weighted by Crippen LogP contribution is -2.53. The molecule has 0 N–H and O–H groups in total. The van der Waals surface area contributed by atoms with E-state index >= 15 is 4.39 Å². The molecule has 2 heterocycles. The summed E-state index contributed by atoms with van der Waals surface area (Å²) in [5.74, 6) is -2.34. The molecule has 0 atom stereocenters. The maximum absolute atomic E-state index is 15.2. The quantitative estimate of drug-likeness (QED) is 0.461. The highest BCUT2D eigenvalue weighted by molar-refractivity contribution is 7.90. The van der Waals surface area contributed by atoms with Gasteiger partial charge in [0.05, 0.1) is 17.7 Å². The van der Waals surface area contributed by atoms with E-state index in [2.05, 4.69) is 40.9 Å². The Balaban J connectivity index is 1.58. The molecule has 0 amide bonds. The van der Waals surface area contributed by atoms with Crippen LogP contribution in [-0.2, 0) is 15.6 Å². The van der Waals surface area contributed by atoms with Gasteiger partial charge in [-0.3, -0.25) is 4.90 Å². The zero-order chi connectivity index (χ0) is 26.1. The molecule has 1 aromatic heterocycles. The number of aromatic nitrogens is 3. The minimum absolute atomic E-state index is 0.0613. The summed E-state index contributed by atoms with van der Waals surface area (Å²) in [6, 6.07) is 10.1. The van der Waals surface area contributed by atoms with Crippen LogP contribution in [0.4, 0.5) is 14.5 Å². The fourth-order valence-corrected chi connectivity index (χ4v) is 5.99. The Hall–Kier alpha value is -2.85. The highest BCUT2D eigenvalue weighted by Gasteiger charge is 2.26. The number of rotatable bonds is 7. The number of anilines is 1. The van der Waals surface area contributed by atoms with Crippen LogP contribution < -0.4 is 4.90 Å². The van der Waals surface area contributed by atoms with E-state index in [9.17, 15) is 12.8 Å². The van der Waals surface area contributed by atoms with Crippen molar-refractivity contribution < 1.29 is 17.2 Å². The molecule has 10 heteroatoms. The molecule has 194 valence electrons. The Bertz CT molecular complexity index is 1330. The second-order valence-corrected chi connectivity index (χ2v) is 12.4. The van der Waals surface area contributed by atoms with E-state index in [-0.39, 0.29) is 16.9 Å².